The Morgan fingerprint density at radius 2 is 1.71 bits per heavy atom. The van der Waals surface area contributed by atoms with Crippen LogP contribution in [0.25, 0.3) is 0 Å². The van der Waals surface area contributed by atoms with E-state index in [9.17, 15) is 9.90 Å². The first-order valence-corrected chi connectivity index (χ1v) is 9.49. The zero-order chi connectivity index (χ0) is 16.9. The van der Waals surface area contributed by atoms with E-state index in [2.05, 4.69) is 38.9 Å². The second kappa shape index (κ2) is 8.17. The minimum atomic E-state index is -0.240. The molecule has 1 atom stereocenters. The highest BCUT2D eigenvalue weighted by molar-refractivity contribution is 5.79. The number of amides is 1. The lowest BCUT2D eigenvalue weighted by molar-refractivity contribution is -0.138. The monoisotopic (exact) mass is 333 g/mol. The van der Waals surface area contributed by atoms with E-state index in [0.717, 1.165) is 64.8 Å². The van der Waals surface area contributed by atoms with Crippen LogP contribution in [-0.2, 0) is 4.79 Å². The van der Waals surface area contributed by atoms with E-state index in [1.54, 1.807) is 0 Å². The molecule has 2 fully saturated rings. The van der Waals surface area contributed by atoms with Crippen molar-refractivity contribution < 1.29 is 9.90 Å². The van der Waals surface area contributed by atoms with Gasteiger partial charge in [0.25, 0.3) is 0 Å². The number of aromatic nitrogens is 1. The summed E-state index contributed by atoms with van der Waals surface area (Å²) in [5, 5.41) is 9.77. The van der Waals surface area contributed by atoms with Crippen LogP contribution in [0.3, 0.4) is 0 Å². The van der Waals surface area contributed by atoms with Crippen molar-refractivity contribution >= 4 is 5.91 Å². The molecule has 0 aromatic carbocycles. The van der Waals surface area contributed by atoms with Gasteiger partial charge in [0.2, 0.25) is 5.91 Å². The molecule has 0 radical (unpaired) electrons. The third kappa shape index (κ3) is 4.19. The molecule has 5 heteroatoms. The normalized spacial score (nSPS) is 27.2. The lowest BCUT2D eigenvalue weighted by Crippen LogP contribution is -2.52. The zero-order valence-electron chi connectivity index (χ0n) is 14.8. The topological polar surface area (TPSA) is 48.7 Å². The summed E-state index contributed by atoms with van der Waals surface area (Å²) in [7, 11) is 0. The molecule has 134 valence electrons. The fraction of sp³-hybridized carbons (Fsp3) is 0.737. The molecule has 2 heterocycles. The van der Waals surface area contributed by atoms with Gasteiger partial charge in [0.1, 0.15) is 0 Å². The predicted molar refractivity (Wildman–Crippen MR) is 94.7 cm³/mol. The summed E-state index contributed by atoms with van der Waals surface area (Å²) in [5.41, 5.74) is 0. The summed E-state index contributed by atoms with van der Waals surface area (Å²) in [6.45, 7) is 6.15. The zero-order valence-corrected chi connectivity index (χ0v) is 14.8. The fourth-order valence-electron chi connectivity index (χ4n) is 4.05. The maximum atomic E-state index is 12.8. The van der Waals surface area contributed by atoms with E-state index in [1.807, 2.05) is 6.92 Å². The maximum absolute atomic E-state index is 12.8. The highest BCUT2D eigenvalue weighted by atomic mass is 16.3. The Labute approximate surface area is 145 Å². The average molecular weight is 333 g/mol. The van der Waals surface area contributed by atoms with Crippen LogP contribution in [0.2, 0.25) is 0 Å². The van der Waals surface area contributed by atoms with Crippen LogP contribution in [0.15, 0.2) is 24.5 Å². The largest absolute Gasteiger partial charge is 0.392 e. The van der Waals surface area contributed by atoms with Gasteiger partial charge in [0, 0.05) is 57.1 Å². The molecule has 5 nitrogen and oxygen atoms in total. The Morgan fingerprint density at radius 1 is 1.08 bits per heavy atom. The molecule has 2 aliphatic rings. The van der Waals surface area contributed by atoms with E-state index in [0.29, 0.717) is 11.9 Å². The molecule has 1 aromatic heterocycles. The quantitative estimate of drug-likeness (QED) is 0.898. The van der Waals surface area contributed by atoms with E-state index in [4.69, 9.17) is 0 Å². The molecule has 3 rings (SSSR count). The van der Waals surface area contributed by atoms with Crippen molar-refractivity contribution in [3.05, 3.63) is 24.5 Å². The second-order valence-electron chi connectivity index (χ2n) is 7.32. The summed E-state index contributed by atoms with van der Waals surface area (Å²) < 4.78 is 2.29. The minimum absolute atomic E-state index is 0.213. The van der Waals surface area contributed by atoms with Crippen LogP contribution in [0.1, 0.15) is 45.1 Å². The van der Waals surface area contributed by atoms with Crippen molar-refractivity contribution in [1.82, 2.24) is 14.4 Å². The van der Waals surface area contributed by atoms with E-state index in [-0.39, 0.29) is 12.0 Å². The van der Waals surface area contributed by atoms with Crippen molar-refractivity contribution in [3.63, 3.8) is 0 Å². The van der Waals surface area contributed by atoms with Gasteiger partial charge >= 0.3 is 0 Å². The van der Waals surface area contributed by atoms with Gasteiger partial charge in [-0.25, -0.2) is 0 Å². The van der Waals surface area contributed by atoms with E-state index >= 15 is 0 Å². The Hall–Kier alpha value is -1.33. The number of nitrogens with zero attached hydrogens (tertiary/aromatic N) is 3. The fourth-order valence-corrected chi connectivity index (χ4v) is 4.05. The number of carbonyl (C=O) groups excluding carboxylic acids is 1. The second-order valence-corrected chi connectivity index (χ2v) is 7.32. The SMILES string of the molecule is CCC(O)CN1CCN(C(=O)C2CCC(n3cccc3)CC2)CC1. The third-order valence-electron chi connectivity index (χ3n) is 5.72. The number of aliphatic hydroxyl groups is 1. The molecule has 1 saturated carbocycles. The van der Waals surface area contributed by atoms with Gasteiger partial charge in [-0.05, 0) is 44.2 Å². The van der Waals surface area contributed by atoms with Crippen LogP contribution < -0.4 is 0 Å². The molecule has 1 N–H and O–H groups in total. The van der Waals surface area contributed by atoms with E-state index < -0.39 is 0 Å². The van der Waals surface area contributed by atoms with Gasteiger partial charge < -0.3 is 14.6 Å². The van der Waals surface area contributed by atoms with Gasteiger partial charge in [-0.1, -0.05) is 6.92 Å². The van der Waals surface area contributed by atoms with Crippen LogP contribution in [0.5, 0.6) is 0 Å². The smallest absolute Gasteiger partial charge is 0.225 e. The van der Waals surface area contributed by atoms with Gasteiger partial charge in [-0.3, -0.25) is 9.69 Å². The predicted octanol–water partition coefficient (Wildman–Crippen LogP) is 2.13. The first kappa shape index (κ1) is 17.5. The Balaban J connectivity index is 1.43. The molecule has 1 saturated heterocycles. The first-order chi connectivity index (χ1) is 11.7. The summed E-state index contributed by atoms with van der Waals surface area (Å²) in [5.74, 6) is 0.571. The van der Waals surface area contributed by atoms with Crippen LogP contribution in [0.4, 0.5) is 0 Å². The van der Waals surface area contributed by atoms with Gasteiger partial charge in [-0.2, -0.15) is 0 Å². The summed E-state index contributed by atoms with van der Waals surface area (Å²) in [4.78, 5) is 17.1. The minimum Gasteiger partial charge on any atom is -0.392 e. The van der Waals surface area contributed by atoms with Crippen LogP contribution in [-0.4, -0.2) is 64.2 Å². The third-order valence-corrected chi connectivity index (χ3v) is 5.72. The van der Waals surface area contributed by atoms with Gasteiger partial charge in [0.15, 0.2) is 0 Å². The summed E-state index contributed by atoms with van der Waals surface area (Å²) in [6.07, 6.45) is 9.06. The molecule has 0 spiro atoms. The van der Waals surface area contributed by atoms with Crippen molar-refractivity contribution in [2.75, 3.05) is 32.7 Å². The molecule has 1 aliphatic carbocycles. The number of hydrogen-bond acceptors (Lipinski definition) is 3. The Morgan fingerprint density at radius 3 is 2.29 bits per heavy atom. The number of aliphatic hydroxyl groups excluding tert-OH is 1. The standard InChI is InChI=1S/C19H31N3O2/c1-2-18(23)15-20-11-13-22(14-12-20)19(24)16-5-7-17(8-6-16)21-9-3-4-10-21/h3-4,9-10,16-18,23H,2,5-8,11-15H2,1H3. The average Bonchev–Trinajstić information content (AvgIpc) is 3.16. The van der Waals surface area contributed by atoms with Gasteiger partial charge in [-0.15, -0.1) is 0 Å². The molecule has 24 heavy (non-hydrogen) atoms. The number of rotatable bonds is 5. The Bertz CT molecular complexity index is 501. The van der Waals surface area contributed by atoms with Crippen molar-refractivity contribution in [1.29, 1.82) is 0 Å². The molecule has 1 aromatic rings. The number of piperazine rings is 1. The number of hydrogen-bond donors (Lipinski definition) is 1. The molecule has 1 aliphatic heterocycles. The number of β-amino-alcohol motifs (C(OH)–C–C–N with tert-alkyl or cyclic N) is 1. The lowest BCUT2D eigenvalue weighted by atomic mass is 9.85. The molecular formula is C19H31N3O2. The highest BCUT2D eigenvalue weighted by Crippen LogP contribution is 2.33. The highest BCUT2D eigenvalue weighted by Gasteiger charge is 2.31. The molecule has 0 bridgehead atoms. The van der Waals surface area contributed by atoms with Crippen molar-refractivity contribution in [3.8, 4) is 0 Å². The van der Waals surface area contributed by atoms with E-state index in [1.165, 1.54) is 0 Å². The molecule has 1 amide bonds. The van der Waals surface area contributed by atoms with Crippen LogP contribution in [0, 0.1) is 5.92 Å². The molecular weight excluding hydrogens is 302 g/mol. The Kier molecular flexibility index (Phi) is 5.95. The number of carbonyl (C=O) groups is 1. The first-order valence-electron chi connectivity index (χ1n) is 9.49. The summed E-state index contributed by atoms with van der Waals surface area (Å²) in [6, 6.07) is 4.72. The van der Waals surface area contributed by atoms with Crippen LogP contribution >= 0.6 is 0 Å². The summed E-state index contributed by atoms with van der Waals surface area (Å²) >= 11 is 0. The van der Waals surface area contributed by atoms with Crippen molar-refractivity contribution in [2.24, 2.45) is 5.92 Å². The lowest BCUT2D eigenvalue weighted by Gasteiger charge is -2.38. The molecule has 1 unspecified atom stereocenters. The maximum Gasteiger partial charge on any atom is 0.225 e. The van der Waals surface area contributed by atoms with Gasteiger partial charge in [0.05, 0.1) is 6.10 Å². The van der Waals surface area contributed by atoms with Crippen molar-refractivity contribution in [2.45, 2.75) is 51.2 Å².